The fraction of sp³-hybridized carbons (Fsp3) is 0.208. The van der Waals surface area contributed by atoms with E-state index in [1.54, 1.807) is 21.1 Å². The zero-order valence-electron chi connectivity index (χ0n) is 17.3. The van der Waals surface area contributed by atoms with Gasteiger partial charge in [-0.1, -0.05) is 24.3 Å². The molecule has 2 amide bonds. The van der Waals surface area contributed by atoms with Crippen molar-refractivity contribution in [3.05, 3.63) is 74.9 Å². The first kappa shape index (κ1) is 21.5. The highest BCUT2D eigenvalue weighted by Crippen LogP contribution is 2.34. The number of carbonyl (C=O) groups is 2. The summed E-state index contributed by atoms with van der Waals surface area (Å²) >= 11 is 5.02. The number of hydrogen-bond acceptors (Lipinski definition) is 4. The first-order valence-corrected chi connectivity index (χ1v) is 11.7. The molecule has 1 aromatic heterocycles. The Balaban J connectivity index is 1.65. The number of carbonyl (C=O) groups excluding carboxylic acids is 2. The lowest BCUT2D eigenvalue weighted by atomic mass is 10.2. The predicted molar refractivity (Wildman–Crippen MR) is 131 cm³/mol. The minimum atomic E-state index is -0.137. The Morgan fingerprint density at radius 1 is 1.16 bits per heavy atom. The predicted octanol–water partition coefficient (Wildman–Crippen LogP) is 5.73. The third-order valence-electron chi connectivity index (χ3n) is 5.13. The van der Waals surface area contributed by atoms with E-state index in [0.717, 1.165) is 19.9 Å². The number of para-hydroxylation sites is 2. The van der Waals surface area contributed by atoms with Crippen LogP contribution in [-0.4, -0.2) is 30.6 Å². The van der Waals surface area contributed by atoms with Gasteiger partial charge in [-0.3, -0.25) is 9.59 Å². The van der Waals surface area contributed by atoms with Crippen LogP contribution in [0.5, 0.6) is 0 Å². The fourth-order valence-corrected chi connectivity index (χ4v) is 5.02. The van der Waals surface area contributed by atoms with Gasteiger partial charge in [0.1, 0.15) is 6.54 Å². The van der Waals surface area contributed by atoms with Crippen LogP contribution in [0.15, 0.2) is 69.4 Å². The average Bonchev–Trinajstić information content (AvgIpc) is 3.13. The van der Waals surface area contributed by atoms with Crippen LogP contribution in [0.1, 0.15) is 23.8 Å². The summed E-state index contributed by atoms with van der Waals surface area (Å²) in [5.74, 6) is -0.263. The summed E-state index contributed by atoms with van der Waals surface area (Å²) in [5.41, 5.74) is 3.99. The van der Waals surface area contributed by atoms with E-state index < -0.39 is 0 Å². The number of fused-ring (bicyclic) bond motifs is 1. The number of anilines is 2. The van der Waals surface area contributed by atoms with Gasteiger partial charge in [0.15, 0.2) is 0 Å². The molecule has 5 nitrogen and oxygen atoms in total. The van der Waals surface area contributed by atoms with Crippen LogP contribution in [0.4, 0.5) is 17.1 Å². The van der Waals surface area contributed by atoms with Gasteiger partial charge >= 0.3 is 0 Å². The van der Waals surface area contributed by atoms with Gasteiger partial charge in [-0.25, -0.2) is 4.99 Å². The van der Waals surface area contributed by atoms with Gasteiger partial charge in [0.25, 0.3) is 0 Å². The van der Waals surface area contributed by atoms with E-state index in [4.69, 9.17) is 4.99 Å². The number of halogens is 1. The maximum atomic E-state index is 13.3. The second-order valence-electron chi connectivity index (χ2n) is 7.28. The van der Waals surface area contributed by atoms with Crippen molar-refractivity contribution in [3.63, 3.8) is 0 Å². The molecule has 31 heavy (non-hydrogen) atoms. The van der Waals surface area contributed by atoms with Crippen LogP contribution < -0.4 is 9.80 Å². The Hall–Kier alpha value is -2.77. The summed E-state index contributed by atoms with van der Waals surface area (Å²) < 4.78 is 0.985. The molecule has 0 aliphatic carbocycles. The lowest BCUT2D eigenvalue weighted by molar-refractivity contribution is -0.121. The number of likely N-dealkylation sites (N-methyl/N-ethyl adjacent to an activating group) is 1. The molecule has 1 aliphatic heterocycles. The van der Waals surface area contributed by atoms with E-state index in [1.165, 1.54) is 0 Å². The van der Waals surface area contributed by atoms with Gasteiger partial charge in [-0.15, -0.1) is 11.3 Å². The van der Waals surface area contributed by atoms with Crippen LogP contribution in [0.2, 0.25) is 0 Å². The number of amides is 2. The number of nitrogens with zero attached hydrogens (tertiary/aromatic N) is 3. The molecule has 0 fully saturated rings. The molecule has 2 heterocycles. The summed E-state index contributed by atoms with van der Waals surface area (Å²) in [5, 5.41) is 0. The first-order chi connectivity index (χ1) is 15.0. The van der Waals surface area contributed by atoms with E-state index in [9.17, 15) is 9.59 Å². The third-order valence-corrected chi connectivity index (χ3v) is 6.80. The van der Waals surface area contributed by atoms with Crippen molar-refractivity contribution in [3.8, 4) is 0 Å². The topological polar surface area (TPSA) is 53.0 Å². The molecule has 0 radical (unpaired) electrons. The van der Waals surface area contributed by atoms with Crippen molar-refractivity contribution in [2.45, 2.75) is 20.3 Å². The standard InChI is InChI=1S/C24H22BrN3O2S/c1-3-27(17-8-6-7-16(2)13-17)24(30)15-28-20-10-5-4-9-18(20)26-19(14-23(28)29)21-11-12-22(25)31-21/h4-13H,3,14-15H2,1-2H3. The molecule has 0 saturated carbocycles. The zero-order valence-corrected chi connectivity index (χ0v) is 19.7. The van der Waals surface area contributed by atoms with Crippen molar-refractivity contribution in [1.82, 2.24) is 0 Å². The molecule has 0 N–H and O–H groups in total. The van der Waals surface area contributed by atoms with Gasteiger partial charge in [-0.05, 0) is 71.7 Å². The molecule has 3 aromatic rings. The van der Waals surface area contributed by atoms with E-state index in [0.29, 0.717) is 23.6 Å². The largest absolute Gasteiger partial charge is 0.311 e. The van der Waals surface area contributed by atoms with Crippen molar-refractivity contribution in [2.24, 2.45) is 4.99 Å². The Bertz CT molecular complexity index is 1170. The summed E-state index contributed by atoms with van der Waals surface area (Å²) in [6.45, 7) is 4.43. The van der Waals surface area contributed by atoms with Gasteiger partial charge < -0.3 is 9.80 Å². The summed E-state index contributed by atoms with van der Waals surface area (Å²) in [6, 6.07) is 19.2. The van der Waals surface area contributed by atoms with E-state index in [-0.39, 0.29) is 24.8 Å². The Labute approximate surface area is 194 Å². The van der Waals surface area contributed by atoms with Crippen LogP contribution in [0.3, 0.4) is 0 Å². The van der Waals surface area contributed by atoms with Gasteiger partial charge in [0.2, 0.25) is 11.8 Å². The summed E-state index contributed by atoms with van der Waals surface area (Å²) in [4.78, 5) is 35.5. The molecule has 7 heteroatoms. The highest BCUT2D eigenvalue weighted by molar-refractivity contribution is 9.11. The molecule has 4 rings (SSSR count). The van der Waals surface area contributed by atoms with E-state index in [2.05, 4.69) is 15.9 Å². The van der Waals surface area contributed by atoms with Crippen molar-refractivity contribution in [1.29, 1.82) is 0 Å². The minimum absolute atomic E-state index is 0.0332. The zero-order chi connectivity index (χ0) is 22.0. The number of aryl methyl sites for hydroxylation is 1. The lowest BCUT2D eigenvalue weighted by Gasteiger charge is -2.27. The summed E-state index contributed by atoms with van der Waals surface area (Å²) in [7, 11) is 0. The van der Waals surface area contributed by atoms with Crippen molar-refractivity contribution in [2.75, 3.05) is 22.9 Å². The second kappa shape index (κ2) is 9.16. The molecular formula is C24H22BrN3O2S. The molecule has 158 valence electrons. The molecule has 0 unspecified atom stereocenters. The monoisotopic (exact) mass is 495 g/mol. The molecule has 1 aliphatic rings. The average molecular weight is 496 g/mol. The molecule has 2 aromatic carbocycles. The highest BCUT2D eigenvalue weighted by atomic mass is 79.9. The van der Waals surface area contributed by atoms with E-state index >= 15 is 0 Å². The Morgan fingerprint density at radius 2 is 1.97 bits per heavy atom. The number of rotatable bonds is 5. The van der Waals surface area contributed by atoms with Gasteiger partial charge in [-0.2, -0.15) is 0 Å². The number of thiophene rings is 1. The molecule has 0 saturated heterocycles. The number of aliphatic imine (C=N–C) groups is 1. The SMILES string of the molecule is CCN(C(=O)CN1C(=O)CC(c2ccc(Br)s2)=Nc2ccccc21)c1cccc(C)c1. The fourth-order valence-electron chi connectivity index (χ4n) is 3.65. The minimum Gasteiger partial charge on any atom is -0.311 e. The quantitative estimate of drug-likeness (QED) is 0.453. The maximum absolute atomic E-state index is 13.3. The van der Waals surface area contributed by atoms with Gasteiger partial charge in [0.05, 0.1) is 32.2 Å². The van der Waals surface area contributed by atoms with Crippen LogP contribution in [0, 0.1) is 6.92 Å². The molecule has 0 bridgehead atoms. The van der Waals surface area contributed by atoms with Crippen molar-refractivity contribution >= 4 is 61.9 Å². The Morgan fingerprint density at radius 3 is 2.68 bits per heavy atom. The smallest absolute Gasteiger partial charge is 0.247 e. The van der Waals surface area contributed by atoms with Crippen molar-refractivity contribution < 1.29 is 9.59 Å². The van der Waals surface area contributed by atoms with Gasteiger partial charge in [0, 0.05) is 12.2 Å². The molecule has 0 spiro atoms. The first-order valence-electron chi connectivity index (χ1n) is 10.1. The number of hydrogen-bond donors (Lipinski definition) is 0. The molecular weight excluding hydrogens is 474 g/mol. The lowest BCUT2D eigenvalue weighted by Crippen LogP contribution is -2.43. The van der Waals surface area contributed by atoms with Crippen LogP contribution in [-0.2, 0) is 9.59 Å². The maximum Gasteiger partial charge on any atom is 0.247 e. The Kier molecular flexibility index (Phi) is 6.34. The highest BCUT2D eigenvalue weighted by Gasteiger charge is 2.28. The third kappa shape index (κ3) is 4.62. The van der Waals surface area contributed by atoms with E-state index in [1.807, 2.05) is 74.5 Å². The second-order valence-corrected chi connectivity index (χ2v) is 9.75. The van der Waals surface area contributed by atoms with Crippen LogP contribution >= 0.6 is 27.3 Å². The number of benzene rings is 2. The normalized spacial score (nSPS) is 13.5. The molecule has 0 atom stereocenters. The summed E-state index contributed by atoms with van der Waals surface area (Å²) in [6.07, 6.45) is 0.144. The van der Waals surface area contributed by atoms with Crippen LogP contribution in [0.25, 0.3) is 0 Å².